The highest BCUT2D eigenvalue weighted by Crippen LogP contribution is 2.03. The second-order valence-corrected chi connectivity index (χ2v) is 19.0. The largest absolute Gasteiger partial charge is 0.381 e. The first-order valence-electron chi connectivity index (χ1n) is 29.5. The first kappa shape index (κ1) is 73.5. The summed E-state index contributed by atoms with van der Waals surface area (Å²) >= 11 is 0. The van der Waals surface area contributed by atoms with Gasteiger partial charge in [-0.25, -0.2) is 0 Å². The lowest BCUT2D eigenvalue weighted by Crippen LogP contribution is -2.48. The van der Waals surface area contributed by atoms with E-state index in [0.717, 1.165) is 183 Å². The molecule has 1 amide bonds. The topological polar surface area (TPSA) is 172 Å². The number of nitrogens with one attached hydrogen (secondary N) is 1. The van der Waals surface area contributed by atoms with Crippen LogP contribution in [0.15, 0.2) is 0 Å². The van der Waals surface area contributed by atoms with E-state index in [1.165, 1.54) is 0 Å². The van der Waals surface area contributed by atoms with Crippen LogP contribution >= 0.6 is 0 Å². The fraction of sp³-hybridized carbons (Fsp3) is 0.964. The number of nitrogens with two attached hydrogens (primary N) is 1. The van der Waals surface area contributed by atoms with E-state index in [1.807, 2.05) is 0 Å². The molecule has 0 spiro atoms. The first-order chi connectivity index (χ1) is 36.6. The normalized spacial score (nSPS) is 17.7. The van der Waals surface area contributed by atoms with Gasteiger partial charge in [0.25, 0.3) is 0 Å². The van der Waals surface area contributed by atoms with Crippen LogP contribution < -0.4 is 11.1 Å². The minimum Gasteiger partial charge on any atom is -0.381 e. The van der Waals surface area contributed by atoms with Crippen molar-refractivity contribution in [3.63, 3.8) is 0 Å². The highest BCUT2D eigenvalue weighted by molar-refractivity contribution is 5.78. The number of likely N-dealkylation sites (N-methyl/N-ethyl adjacent to an activating group) is 6. The van der Waals surface area contributed by atoms with Gasteiger partial charge in [0.1, 0.15) is 19.4 Å². The zero-order valence-corrected chi connectivity index (χ0v) is 49.9. The third-order valence-electron chi connectivity index (χ3n) is 13.1. The van der Waals surface area contributed by atoms with Gasteiger partial charge in [0.2, 0.25) is 5.91 Å². The van der Waals surface area contributed by atoms with Gasteiger partial charge >= 0.3 is 0 Å². The number of carbonyl (C=O) groups excluding carboxylic acids is 2. The zero-order chi connectivity index (χ0) is 55.3. The number of hydrogen-bond acceptors (Lipinski definition) is 19. The molecule has 0 unspecified atom stereocenters. The lowest BCUT2D eigenvalue weighted by molar-refractivity contribution is -0.135. The Balaban J connectivity index is 0.00000127. The molecular weight excluding hydrogens is 961 g/mol. The average Bonchev–Trinajstić information content (AvgIpc) is 3.41. The van der Waals surface area contributed by atoms with Crippen LogP contribution in [-0.2, 0) is 47.5 Å². The van der Waals surface area contributed by atoms with E-state index in [-0.39, 0.29) is 25.3 Å². The molecule has 0 radical (unpaired) electrons. The summed E-state index contributed by atoms with van der Waals surface area (Å²) in [6.45, 7) is 53.1. The van der Waals surface area contributed by atoms with Crippen molar-refractivity contribution in [3.05, 3.63) is 0 Å². The van der Waals surface area contributed by atoms with Crippen molar-refractivity contribution in [2.24, 2.45) is 5.73 Å². The molecule has 0 saturated carbocycles. The van der Waals surface area contributed by atoms with Crippen LogP contribution in [0.25, 0.3) is 0 Å². The van der Waals surface area contributed by atoms with Gasteiger partial charge in [0, 0.05) is 157 Å². The lowest BCUT2D eigenvalue weighted by Gasteiger charge is -2.33. The van der Waals surface area contributed by atoms with Crippen molar-refractivity contribution in [2.75, 3.05) is 263 Å². The standard InChI is InChI=1S/C29H61N5O5.C17H36N4O.C9H21NO4/c1-5-20-36-26-27-39-24-10-22-37-21-9-23-38-25-11-30-29(35)28-34-18-16-32(7-3)14-12-31(6-2)13-15-33(8-4)17-19-34;1-5-18-8-10-19(6-2)12-14-21(16-17(4)22)15-13-20(7-3)11-9-18;1-2-4-11-6-7-13-9-14-8-12-5-3-10/h5-28H2,1-4H3,(H,30,35);5-16H2,1-4H3;2-10H2,1H3. The summed E-state index contributed by atoms with van der Waals surface area (Å²) in [5.41, 5.74) is 5.21. The van der Waals surface area contributed by atoms with E-state index in [4.69, 9.17) is 43.6 Å². The molecule has 2 fully saturated rings. The maximum atomic E-state index is 12.6. The molecule has 20 heteroatoms. The van der Waals surface area contributed by atoms with E-state index in [0.29, 0.717) is 92.2 Å². The summed E-state index contributed by atoms with van der Waals surface area (Å²) in [6, 6.07) is 0. The van der Waals surface area contributed by atoms with Crippen LogP contribution in [0.3, 0.4) is 0 Å². The number of rotatable bonds is 37. The van der Waals surface area contributed by atoms with Crippen LogP contribution in [0.1, 0.15) is 88.0 Å². The Morgan fingerprint density at radius 3 is 0.987 bits per heavy atom. The molecule has 448 valence electrons. The molecule has 2 aliphatic heterocycles. The summed E-state index contributed by atoms with van der Waals surface area (Å²) in [7, 11) is 0. The molecule has 2 heterocycles. The monoisotopic (exact) mass is 1080 g/mol. The van der Waals surface area contributed by atoms with E-state index in [2.05, 4.69) is 99.9 Å². The molecule has 0 bridgehead atoms. The summed E-state index contributed by atoms with van der Waals surface area (Å²) in [6.07, 6.45) is 3.82. The number of hydrogen-bond donors (Lipinski definition) is 2. The summed E-state index contributed by atoms with van der Waals surface area (Å²) in [5.74, 6) is 0.353. The third-order valence-corrected chi connectivity index (χ3v) is 13.1. The second-order valence-electron chi connectivity index (χ2n) is 19.0. The molecule has 0 aromatic carbocycles. The van der Waals surface area contributed by atoms with E-state index < -0.39 is 0 Å². The molecule has 0 atom stereocenters. The summed E-state index contributed by atoms with van der Waals surface area (Å²) < 4.78 is 42.4. The first-order valence-corrected chi connectivity index (χ1v) is 29.5. The minimum atomic E-state index is 0.0800. The fourth-order valence-electron chi connectivity index (χ4n) is 8.12. The molecule has 2 rings (SSSR count). The summed E-state index contributed by atoms with van der Waals surface area (Å²) in [4.78, 5) is 43.9. The van der Waals surface area contributed by atoms with Gasteiger partial charge in [0.05, 0.1) is 52.7 Å². The number of amides is 1. The highest BCUT2D eigenvalue weighted by Gasteiger charge is 2.18. The Morgan fingerprint density at radius 2 is 0.653 bits per heavy atom. The van der Waals surface area contributed by atoms with Gasteiger partial charge < -0.3 is 78.3 Å². The van der Waals surface area contributed by atoms with Crippen molar-refractivity contribution in [1.82, 2.24) is 44.5 Å². The van der Waals surface area contributed by atoms with Crippen molar-refractivity contribution in [2.45, 2.75) is 88.0 Å². The molecule has 75 heavy (non-hydrogen) atoms. The van der Waals surface area contributed by atoms with Gasteiger partial charge in [-0.3, -0.25) is 19.4 Å². The van der Waals surface area contributed by atoms with Crippen LogP contribution in [0, 0.1) is 0 Å². The average molecular weight is 1080 g/mol. The van der Waals surface area contributed by atoms with Gasteiger partial charge in [-0.05, 0) is 71.9 Å². The Kier molecular flexibility index (Phi) is 54.6. The van der Waals surface area contributed by atoms with Crippen LogP contribution in [0.5, 0.6) is 0 Å². The number of ketones is 1. The van der Waals surface area contributed by atoms with Crippen LogP contribution in [0.2, 0.25) is 0 Å². The molecule has 2 saturated heterocycles. The number of carbonyl (C=O) groups is 2. The molecule has 0 aromatic rings. The predicted octanol–water partition coefficient (Wildman–Crippen LogP) is 2.83. The molecule has 2 aliphatic rings. The van der Waals surface area contributed by atoms with Crippen LogP contribution in [-0.4, -0.2) is 314 Å². The maximum absolute atomic E-state index is 12.6. The van der Waals surface area contributed by atoms with Gasteiger partial charge in [-0.15, -0.1) is 0 Å². The Hall–Kier alpha value is -1.54. The smallest absolute Gasteiger partial charge is 0.234 e. The number of nitrogens with zero attached hydrogens (tertiary/aromatic N) is 8. The van der Waals surface area contributed by atoms with Gasteiger partial charge in [-0.2, -0.15) is 0 Å². The van der Waals surface area contributed by atoms with Crippen molar-refractivity contribution in [3.8, 4) is 0 Å². The van der Waals surface area contributed by atoms with Crippen molar-refractivity contribution in [1.29, 1.82) is 0 Å². The van der Waals surface area contributed by atoms with Crippen molar-refractivity contribution < 1.29 is 47.5 Å². The fourth-order valence-corrected chi connectivity index (χ4v) is 8.12. The molecule has 3 N–H and O–H groups in total. The quantitative estimate of drug-likeness (QED) is 0.0687. The zero-order valence-electron chi connectivity index (χ0n) is 49.9. The Morgan fingerprint density at radius 1 is 0.360 bits per heavy atom. The predicted molar refractivity (Wildman–Crippen MR) is 305 cm³/mol. The molecular formula is C55H118N10O10. The van der Waals surface area contributed by atoms with Gasteiger partial charge in [0.15, 0.2) is 0 Å². The van der Waals surface area contributed by atoms with E-state index in [1.54, 1.807) is 6.92 Å². The molecule has 0 aromatic heterocycles. The maximum Gasteiger partial charge on any atom is 0.234 e. The number of ether oxygens (including phenoxy) is 8. The molecule has 0 aliphatic carbocycles. The van der Waals surface area contributed by atoms with E-state index >= 15 is 0 Å². The second kappa shape index (κ2) is 55.8. The molecule has 20 nitrogen and oxygen atoms in total. The summed E-state index contributed by atoms with van der Waals surface area (Å²) in [5, 5.41) is 3.03. The number of Topliss-reactive ketones (excluding diaryl/α,β-unsaturated/α-hetero) is 1. The Bertz CT molecular complexity index is 1180. The Labute approximate surface area is 459 Å². The SMILES string of the molecule is CCCOCCOCCCOCCCOCCNC(=O)CN1CCN(CC)CCN(CC)CCN(CC)CC1.CCCOCCOCOCOCCN.CCN1CCN(CC)CCN(CC(C)=O)CCN(CC)CC1. The van der Waals surface area contributed by atoms with Gasteiger partial charge in [-0.1, -0.05) is 55.4 Å². The third kappa shape index (κ3) is 47.0. The van der Waals surface area contributed by atoms with Crippen molar-refractivity contribution >= 4 is 11.7 Å². The van der Waals surface area contributed by atoms with Crippen LogP contribution in [0.4, 0.5) is 0 Å². The highest BCUT2D eigenvalue weighted by atomic mass is 16.7. The van der Waals surface area contributed by atoms with E-state index in [9.17, 15) is 9.59 Å². The minimum absolute atomic E-state index is 0.0800. The lowest BCUT2D eigenvalue weighted by atomic mass is 10.3.